The third kappa shape index (κ3) is 3.70. The van der Waals surface area contributed by atoms with Gasteiger partial charge in [-0.1, -0.05) is 18.2 Å². The molecule has 3 heterocycles. The summed E-state index contributed by atoms with van der Waals surface area (Å²) < 4.78 is 3.53. The molecule has 0 aliphatic rings. The number of benzene rings is 1. The van der Waals surface area contributed by atoms with Crippen molar-refractivity contribution < 1.29 is 5.11 Å². The van der Waals surface area contributed by atoms with Crippen molar-refractivity contribution >= 4 is 22.5 Å². The van der Waals surface area contributed by atoms with Crippen LogP contribution in [0.15, 0.2) is 55.0 Å². The molecule has 8 nitrogen and oxygen atoms in total. The molecule has 140 valence electrons. The fraction of sp³-hybridized carbons (Fsp3) is 0.200. The number of nitriles is 1. The van der Waals surface area contributed by atoms with Crippen LogP contribution in [0.5, 0.6) is 0 Å². The Kier molecular flexibility index (Phi) is 4.74. The first-order valence-corrected chi connectivity index (χ1v) is 8.90. The van der Waals surface area contributed by atoms with Crippen LogP contribution >= 0.6 is 0 Å². The highest BCUT2D eigenvalue weighted by Crippen LogP contribution is 2.20. The molecule has 0 amide bonds. The van der Waals surface area contributed by atoms with Crippen molar-refractivity contribution in [2.45, 2.75) is 26.1 Å². The third-order valence-corrected chi connectivity index (χ3v) is 4.33. The Labute approximate surface area is 161 Å². The normalized spacial score (nSPS) is 12.0. The number of aliphatic hydroxyl groups is 1. The van der Waals surface area contributed by atoms with Crippen LogP contribution in [0.1, 0.15) is 18.1 Å². The van der Waals surface area contributed by atoms with Gasteiger partial charge >= 0.3 is 0 Å². The maximum atomic E-state index is 9.47. The fourth-order valence-corrected chi connectivity index (χ4v) is 3.03. The van der Waals surface area contributed by atoms with E-state index in [1.807, 2.05) is 35.0 Å². The molecule has 0 fully saturated rings. The van der Waals surface area contributed by atoms with E-state index in [0.29, 0.717) is 30.3 Å². The van der Waals surface area contributed by atoms with Crippen LogP contribution in [0.4, 0.5) is 11.6 Å². The molecule has 0 aliphatic heterocycles. The third-order valence-electron chi connectivity index (χ3n) is 4.33. The largest absolute Gasteiger partial charge is 0.391 e. The Morgan fingerprint density at radius 1 is 1.21 bits per heavy atom. The molecule has 4 aromatic rings. The van der Waals surface area contributed by atoms with Crippen molar-refractivity contribution in [3.8, 4) is 6.07 Å². The van der Waals surface area contributed by atoms with E-state index < -0.39 is 6.10 Å². The van der Waals surface area contributed by atoms with Gasteiger partial charge in [0.1, 0.15) is 5.82 Å². The summed E-state index contributed by atoms with van der Waals surface area (Å²) in [6.07, 6.45) is 4.85. The predicted molar refractivity (Wildman–Crippen MR) is 105 cm³/mol. The average molecular weight is 373 g/mol. The van der Waals surface area contributed by atoms with Gasteiger partial charge in [0.2, 0.25) is 0 Å². The molecular weight excluding hydrogens is 354 g/mol. The highest BCUT2D eigenvalue weighted by Gasteiger charge is 2.09. The number of anilines is 2. The van der Waals surface area contributed by atoms with Crippen molar-refractivity contribution in [2.75, 3.05) is 5.32 Å². The molecule has 0 spiro atoms. The van der Waals surface area contributed by atoms with Gasteiger partial charge in [0, 0.05) is 29.9 Å². The van der Waals surface area contributed by atoms with Crippen LogP contribution in [0.2, 0.25) is 0 Å². The van der Waals surface area contributed by atoms with Gasteiger partial charge in [0.15, 0.2) is 5.82 Å². The number of pyridine rings is 1. The van der Waals surface area contributed by atoms with Crippen molar-refractivity contribution in [3.63, 3.8) is 0 Å². The molecule has 4 rings (SSSR count). The molecule has 1 atom stereocenters. The minimum absolute atomic E-state index is 0.430. The van der Waals surface area contributed by atoms with E-state index in [-0.39, 0.29) is 0 Å². The molecule has 0 saturated carbocycles. The quantitative estimate of drug-likeness (QED) is 0.538. The summed E-state index contributed by atoms with van der Waals surface area (Å²) in [5, 5.41) is 31.7. The predicted octanol–water partition coefficient (Wildman–Crippen LogP) is 2.67. The molecule has 8 heteroatoms. The lowest BCUT2D eigenvalue weighted by Gasteiger charge is -2.07. The number of fused-ring (bicyclic) bond motifs is 1. The van der Waals surface area contributed by atoms with Crippen molar-refractivity contribution in [2.24, 2.45) is 0 Å². The maximum Gasteiger partial charge on any atom is 0.153 e. The molecule has 2 N–H and O–H groups in total. The first-order valence-electron chi connectivity index (χ1n) is 8.90. The van der Waals surface area contributed by atoms with Gasteiger partial charge in [0.05, 0.1) is 42.5 Å². The monoisotopic (exact) mass is 373 g/mol. The zero-order valence-corrected chi connectivity index (χ0v) is 15.3. The number of hydrogen-bond donors (Lipinski definition) is 2. The summed E-state index contributed by atoms with van der Waals surface area (Å²) in [5.41, 5.74) is 2.47. The van der Waals surface area contributed by atoms with Crippen LogP contribution in [0.3, 0.4) is 0 Å². The summed E-state index contributed by atoms with van der Waals surface area (Å²) in [5.74, 6) is 1.29. The van der Waals surface area contributed by atoms with Crippen molar-refractivity contribution in [3.05, 3.63) is 66.1 Å². The highest BCUT2D eigenvalue weighted by atomic mass is 16.3. The smallest absolute Gasteiger partial charge is 0.153 e. The lowest BCUT2D eigenvalue weighted by Crippen LogP contribution is -2.12. The number of nitrogens with zero attached hydrogens (tertiary/aromatic N) is 6. The lowest BCUT2D eigenvalue weighted by molar-refractivity contribution is 0.168. The Morgan fingerprint density at radius 2 is 2.07 bits per heavy atom. The molecule has 0 saturated heterocycles. The minimum atomic E-state index is -0.465. The second kappa shape index (κ2) is 7.50. The summed E-state index contributed by atoms with van der Waals surface area (Å²) in [7, 11) is 0. The Balaban J connectivity index is 1.59. The topological polar surface area (TPSA) is 105 Å². The zero-order chi connectivity index (χ0) is 19.5. The Bertz CT molecular complexity index is 1150. The van der Waals surface area contributed by atoms with Crippen molar-refractivity contribution in [1.82, 2.24) is 24.5 Å². The number of nitrogens with one attached hydrogen (secondary N) is 1. The van der Waals surface area contributed by atoms with Gasteiger partial charge in [-0.2, -0.15) is 15.5 Å². The molecule has 1 unspecified atom stereocenters. The Hall–Kier alpha value is -3.70. The molecular formula is C20H19N7O. The summed E-state index contributed by atoms with van der Waals surface area (Å²) in [6, 6.07) is 13.5. The summed E-state index contributed by atoms with van der Waals surface area (Å²) in [6.45, 7) is 2.65. The van der Waals surface area contributed by atoms with E-state index in [1.54, 1.807) is 36.3 Å². The van der Waals surface area contributed by atoms with Crippen LogP contribution in [0, 0.1) is 11.3 Å². The van der Waals surface area contributed by atoms with Gasteiger partial charge in [-0.3, -0.25) is 9.36 Å². The second-order valence-corrected chi connectivity index (χ2v) is 6.60. The first-order chi connectivity index (χ1) is 13.6. The van der Waals surface area contributed by atoms with Gasteiger partial charge in [-0.05, 0) is 18.6 Å². The van der Waals surface area contributed by atoms with Crippen molar-refractivity contribution in [1.29, 1.82) is 5.26 Å². The standard InChI is InChI=1S/C20H19N7O/c1-14(28)12-26-7-6-19(25-26)24-20-8-18-17(10-22-20)11-23-27(18)13-16-5-3-2-4-15(16)9-21/h2-8,10-11,14,28H,12-13H2,1H3,(H,22,24,25). The van der Waals surface area contributed by atoms with Gasteiger partial charge < -0.3 is 10.4 Å². The number of hydrogen-bond acceptors (Lipinski definition) is 6. The van der Waals surface area contributed by atoms with Crippen LogP contribution < -0.4 is 5.32 Å². The average Bonchev–Trinajstić information content (AvgIpc) is 3.28. The van der Waals surface area contributed by atoms with Gasteiger partial charge in [-0.25, -0.2) is 4.98 Å². The molecule has 28 heavy (non-hydrogen) atoms. The minimum Gasteiger partial charge on any atom is -0.391 e. The Morgan fingerprint density at radius 3 is 2.89 bits per heavy atom. The van der Waals surface area contributed by atoms with Crippen LogP contribution in [-0.4, -0.2) is 35.8 Å². The lowest BCUT2D eigenvalue weighted by atomic mass is 10.1. The van der Waals surface area contributed by atoms with E-state index in [9.17, 15) is 10.4 Å². The van der Waals surface area contributed by atoms with E-state index in [1.165, 1.54) is 0 Å². The fourth-order valence-electron chi connectivity index (χ4n) is 3.03. The number of aliphatic hydroxyl groups excluding tert-OH is 1. The van der Waals surface area contributed by atoms with E-state index >= 15 is 0 Å². The first kappa shape index (κ1) is 17.7. The SMILES string of the molecule is CC(O)Cn1ccc(Nc2cc3c(cn2)cnn3Cc2ccccc2C#N)n1. The molecule has 0 bridgehead atoms. The molecule has 0 radical (unpaired) electrons. The number of rotatable bonds is 6. The van der Waals surface area contributed by atoms with E-state index in [4.69, 9.17) is 0 Å². The summed E-state index contributed by atoms with van der Waals surface area (Å²) in [4.78, 5) is 4.41. The highest BCUT2D eigenvalue weighted by molar-refractivity contribution is 5.81. The van der Waals surface area contributed by atoms with Crippen LogP contribution in [-0.2, 0) is 13.1 Å². The zero-order valence-electron chi connectivity index (χ0n) is 15.3. The van der Waals surface area contributed by atoms with Gasteiger partial charge in [-0.15, -0.1) is 0 Å². The van der Waals surface area contributed by atoms with E-state index in [2.05, 4.69) is 26.6 Å². The molecule has 1 aromatic carbocycles. The maximum absolute atomic E-state index is 9.47. The number of aromatic nitrogens is 5. The summed E-state index contributed by atoms with van der Waals surface area (Å²) >= 11 is 0. The second-order valence-electron chi connectivity index (χ2n) is 6.60. The molecule has 0 aliphatic carbocycles. The molecule has 3 aromatic heterocycles. The van der Waals surface area contributed by atoms with E-state index in [0.717, 1.165) is 16.5 Å². The van der Waals surface area contributed by atoms with Gasteiger partial charge in [0.25, 0.3) is 0 Å². The van der Waals surface area contributed by atoms with Crippen LogP contribution in [0.25, 0.3) is 10.9 Å².